The van der Waals surface area contributed by atoms with Gasteiger partial charge >= 0.3 is 0 Å². The Kier molecular flexibility index (Phi) is 4.74. The zero-order chi connectivity index (χ0) is 19.6. The summed E-state index contributed by atoms with van der Waals surface area (Å²) in [6.45, 7) is 1.09. The molecule has 27 heavy (non-hydrogen) atoms. The summed E-state index contributed by atoms with van der Waals surface area (Å²) in [6, 6.07) is 11.8. The third-order valence-corrected chi connectivity index (χ3v) is 5.06. The van der Waals surface area contributed by atoms with Crippen LogP contribution < -0.4 is 15.6 Å². The van der Waals surface area contributed by atoms with Crippen molar-refractivity contribution < 1.29 is 18.0 Å². The number of carbonyl (C=O) groups excluding carboxylic acids is 2. The van der Waals surface area contributed by atoms with Gasteiger partial charge in [0, 0.05) is 18.0 Å². The summed E-state index contributed by atoms with van der Waals surface area (Å²) < 4.78 is 25.7. The summed E-state index contributed by atoms with van der Waals surface area (Å²) in [5, 5.41) is 9.37. The summed E-state index contributed by atoms with van der Waals surface area (Å²) >= 11 is 0. The maximum atomic E-state index is 12.5. The first-order valence-electron chi connectivity index (χ1n) is 7.70. The van der Waals surface area contributed by atoms with Crippen molar-refractivity contribution in [3.63, 3.8) is 0 Å². The number of nitrogens with one attached hydrogen (secondary N) is 3. The molecule has 3 N–H and O–H groups in total. The van der Waals surface area contributed by atoms with E-state index in [-0.39, 0.29) is 10.6 Å². The first-order valence-corrected chi connectivity index (χ1v) is 9.18. The Hall–Kier alpha value is -3.53. The number of nitrogens with zero attached hydrogens (tertiary/aromatic N) is 1. The maximum absolute atomic E-state index is 12.5. The van der Waals surface area contributed by atoms with Crippen molar-refractivity contribution >= 4 is 38.3 Å². The van der Waals surface area contributed by atoms with Crippen molar-refractivity contribution in [2.45, 2.75) is 11.8 Å². The van der Waals surface area contributed by atoms with Crippen LogP contribution in [0.2, 0.25) is 0 Å². The molecule has 2 amide bonds. The van der Waals surface area contributed by atoms with Gasteiger partial charge in [-0.25, -0.2) is 18.2 Å². The predicted molar refractivity (Wildman–Crippen MR) is 97.8 cm³/mol. The number of fused-ring (bicyclic) bond motifs is 1. The Morgan fingerprint density at radius 1 is 1.00 bits per heavy atom. The van der Waals surface area contributed by atoms with Gasteiger partial charge in [0.2, 0.25) is 5.91 Å². The minimum atomic E-state index is -3.95. The van der Waals surface area contributed by atoms with E-state index in [2.05, 4.69) is 15.5 Å². The van der Waals surface area contributed by atoms with E-state index >= 15 is 0 Å². The Labute approximate surface area is 153 Å². The molecule has 10 heteroatoms. The van der Waals surface area contributed by atoms with Gasteiger partial charge in [-0.1, -0.05) is 18.2 Å². The number of carbonyl (C=O) groups is 2. The summed E-state index contributed by atoms with van der Waals surface area (Å²) in [5.74, 6) is -1.27. The van der Waals surface area contributed by atoms with E-state index in [0.29, 0.717) is 16.5 Å². The molecule has 0 bridgehead atoms. The van der Waals surface area contributed by atoms with Crippen LogP contribution in [0.25, 0.3) is 10.8 Å². The largest absolute Gasteiger partial charge is 0.321 e. The number of hydrogen-bond donors (Lipinski definition) is 3. The molecule has 0 saturated carbocycles. The topological polar surface area (TPSA) is 138 Å². The molecule has 0 saturated heterocycles. The van der Waals surface area contributed by atoms with Gasteiger partial charge in [0.1, 0.15) is 0 Å². The lowest BCUT2D eigenvalue weighted by Gasteiger charge is -2.08. The van der Waals surface area contributed by atoms with E-state index in [4.69, 9.17) is 0 Å². The Morgan fingerprint density at radius 3 is 2.26 bits per heavy atom. The summed E-state index contributed by atoms with van der Waals surface area (Å²) in [6.07, 6.45) is 0. The standard InChI is InChI=1S/C17H14N4O5S/c1-10(22)21-27(25,26)12-8-6-11(7-9-12)18-17(24)15-13-4-2-3-5-14(13)16(23)20-19-15/h2-9H,1H3,(H,18,24)(H,20,23)(H,21,22). The molecule has 0 aliphatic carbocycles. The number of aromatic amines is 1. The average Bonchev–Trinajstić information content (AvgIpc) is 2.61. The van der Waals surface area contributed by atoms with Crippen molar-refractivity contribution in [3.05, 3.63) is 64.6 Å². The highest BCUT2D eigenvalue weighted by Crippen LogP contribution is 2.17. The summed E-state index contributed by atoms with van der Waals surface area (Å²) in [5.41, 5.74) is -0.0614. The molecule has 3 rings (SSSR count). The molecule has 0 fully saturated rings. The fourth-order valence-electron chi connectivity index (χ4n) is 2.44. The number of aromatic nitrogens is 2. The molecule has 138 valence electrons. The van der Waals surface area contributed by atoms with E-state index in [9.17, 15) is 22.8 Å². The SMILES string of the molecule is CC(=O)NS(=O)(=O)c1ccc(NC(=O)c2n[nH]c(=O)c3ccccc23)cc1. The third-order valence-electron chi connectivity index (χ3n) is 3.61. The minimum absolute atomic E-state index is 0.0279. The molecule has 2 aromatic carbocycles. The number of hydrogen-bond acceptors (Lipinski definition) is 6. The number of H-pyrrole nitrogens is 1. The van der Waals surface area contributed by atoms with Crippen molar-refractivity contribution in [2.75, 3.05) is 5.32 Å². The van der Waals surface area contributed by atoms with Crippen LogP contribution in [0.5, 0.6) is 0 Å². The quantitative estimate of drug-likeness (QED) is 0.611. The zero-order valence-electron chi connectivity index (χ0n) is 14.0. The molecule has 9 nitrogen and oxygen atoms in total. The Balaban J connectivity index is 1.87. The van der Waals surface area contributed by atoms with E-state index in [1.54, 1.807) is 24.3 Å². The van der Waals surface area contributed by atoms with Crippen LogP contribution >= 0.6 is 0 Å². The van der Waals surface area contributed by atoms with Crippen molar-refractivity contribution in [3.8, 4) is 0 Å². The highest BCUT2D eigenvalue weighted by molar-refractivity contribution is 7.90. The summed E-state index contributed by atoms with van der Waals surface area (Å²) in [7, 11) is -3.95. The second-order valence-corrected chi connectivity index (χ2v) is 7.27. The fraction of sp³-hybridized carbons (Fsp3) is 0.0588. The van der Waals surface area contributed by atoms with Crippen LogP contribution in [0.4, 0.5) is 5.69 Å². The van der Waals surface area contributed by atoms with Crippen molar-refractivity contribution in [2.24, 2.45) is 0 Å². The van der Waals surface area contributed by atoms with Crippen molar-refractivity contribution in [1.82, 2.24) is 14.9 Å². The van der Waals surface area contributed by atoms with Gasteiger partial charge in [-0.2, -0.15) is 5.10 Å². The Morgan fingerprint density at radius 2 is 1.63 bits per heavy atom. The first kappa shape index (κ1) is 18.3. The van der Waals surface area contributed by atoms with Gasteiger partial charge in [-0.05, 0) is 30.3 Å². The van der Waals surface area contributed by atoms with Crippen LogP contribution in [0.1, 0.15) is 17.4 Å². The molecule has 1 aromatic heterocycles. The van der Waals surface area contributed by atoms with Crippen LogP contribution in [0.3, 0.4) is 0 Å². The van der Waals surface area contributed by atoms with Gasteiger partial charge < -0.3 is 5.32 Å². The molecule has 3 aromatic rings. The van der Waals surface area contributed by atoms with Gasteiger partial charge in [0.15, 0.2) is 5.69 Å². The van der Waals surface area contributed by atoms with E-state index < -0.39 is 27.4 Å². The van der Waals surface area contributed by atoms with Crippen LogP contribution in [-0.2, 0) is 14.8 Å². The second-order valence-electron chi connectivity index (χ2n) is 5.59. The number of benzene rings is 2. The molecular weight excluding hydrogens is 372 g/mol. The molecule has 0 aliphatic heterocycles. The second kappa shape index (κ2) is 7.00. The predicted octanol–water partition coefficient (Wildman–Crippen LogP) is 1.00. The van der Waals surface area contributed by atoms with Crippen LogP contribution in [0, 0.1) is 0 Å². The lowest BCUT2D eigenvalue weighted by molar-refractivity contribution is -0.117. The lowest BCUT2D eigenvalue weighted by Crippen LogP contribution is -2.28. The third kappa shape index (κ3) is 3.85. The normalized spacial score (nSPS) is 11.1. The number of amides is 2. The first-order chi connectivity index (χ1) is 12.8. The maximum Gasteiger partial charge on any atom is 0.276 e. The van der Waals surface area contributed by atoms with Gasteiger partial charge in [-0.3, -0.25) is 14.4 Å². The van der Waals surface area contributed by atoms with Crippen LogP contribution in [-0.4, -0.2) is 30.4 Å². The molecule has 0 aliphatic rings. The van der Waals surface area contributed by atoms with E-state index in [1.165, 1.54) is 24.3 Å². The van der Waals surface area contributed by atoms with Gasteiger partial charge in [-0.15, -0.1) is 0 Å². The average molecular weight is 386 g/mol. The molecule has 0 atom stereocenters. The highest BCUT2D eigenvalue weighted by atomic mass is 32.2. The number of anilines is 1. The molecular formula is C17H14N4O5S. The summed E-state index contributed by atoms with van der Waals surface area (Å²) in [4.78, 5) is 35.1. The van der Waals surface area contributed by atoms with E-state index in [0.717, 1.165) is 6.92 Å². The lowest BCUT2D eigenvalue weighted by atomic mass is 10.1. The number of sulfonamides is 1. The van der Waals surface area contributed by atoms with Crippen LogP contribution in [0.15, 0.2) is 58.2 Å². The van der Waals surface area contributed by atoms with Crippen molar-refractivity contribution in [1.29, 1.82) is 0 Å². The van der Waals surface area contributed by atoms with Gasteiger partial charge in [0.05, 0.1) is 10.3 Å². The molecule has 0 unspecified atom stereocenters. The highest BCUT2D eigenvalue weighted by Gasteiger charge is 2.17. The minimum Gasteiger partial charge on any atom is -0.321 e. The van der Waals surface area contributed by atoms with E-state index in [1.807, 2.05) is 4.72 Å². The molecule has 0 radical (unpaired) electrons. The zero-order valence-corrected chi connectivity index (χ0v) is 14.8. The van der Waals surface area contributed by atoms with Gasteiger partial charge in [0.25, 0.3) is 21.5 Å². The number of rotatable bonds is 4. The monoisotopic (exact) mass is 386 g/mol. The smallest absolute Gasteiger partial charge is 0.276 e. The molecule has 0 spiro atoms. The fourth-order valence-corrected chi connectivity index (χ4v) is 3.43. The Bertz CT molecular complexity index is 1200. The molecule has 1 heterocycles.